The number of aliphatic hydroxyl groups excluding tert-OH is 1. The molecule has 0 bridgehead atoms. The largest absolute Gasteiger partial charge is 0.495 e. The van der Waals surface area contributed by atoms with Gasteiger partial charge in [-0.3, -0.25) is 0 Å². The zero-order chi connectivity index (χ0) is 13.4. The topological polar surface area (TPSA) is 47.9 Å². The Hall–Kier alpha value is -0.810. The van der Waals surface area contributed by atoms with Gasteiger partial charge in [0.25, 0.3) is 0 Å². The predicted molar refractivity (Wildman–Crippen MR) is 70.3 cm³/mol. The van der Waals surface area contributed by atoms with E-state index in [-0.39, 0.29) is 0 Å². The Morgan fingerprint density at radius 2 is 2.00 bits per heavy atom. The van der Waals surface area contributed by atoms with Crippen LogP contribution in [0.3, 0.4) is 0 Å². The number of aliphatic hydroxyl groups is 1. The third kappa shape index (κ3) is 4.82. The highest BCUT2D eigenvalue weighted by molar-refractivity contribution is 6.32. The first kappa shape index (κ1) is 15.2. The van der Waals surface area contributed by atoms with E-state index in [0.717, 1.165) is 5.56 Å². The van der Waals surface area contributed by atoms with E-state index in [0.29, 0.717) is 37.0 Å². The summed E-state index contributed by atoms with van der Waals surface area (Å²) in [6, 6.07) is 5.23. The van der Waals surface area contributed by atoms with Crippen LogP contribution in [0, 0.1) is 0 Å². The second-order valence-electron chi connectivity index (χ2n) is 3.80. The van der Waals surface area contributed by atoms with Crippen molar-refractivity contribution in [2.75, 3.05) is 34.0 Å². The summed E-state index contributed by atoms with van der Waals surface area (Å²) in [5.41, 5.74) is 0.770. The van der Waals surface area contributed by atoms with Crippen molar-refractivity contribution in [2.24, 2.45) is 0 Å². The van der Waals surface area contributed by atoms with E-state index in [1.165, 1.54) is 0 Å². The van der Waals surface area contributed by atoms with Gasteiger partial charge < -0.3 is 19.3 Å². The maximum atomic E-state index is 9.98. The van der Waals surface area contributed by atoms with Crippen LogP contribution in [0.25, 0.3) is 0 Å². The van der Waals surface area contributed by atoms with Gasteiger partial charge >= 0.3 is 0 Å². The van der Waals surface area contributed by atoms with Gasteiger partial charge in [-0.05, 0) is 17.7 Å². The van der Waals surface area contributed by atoms with Crippen LogP contribution >= 0.6 is 11.6 Å². The Morgan fingerprint density at radius 1 is 1.22 bits per heavy atom. The molecule has 18 heavy (non-hydrogen) atoms. The minimum absolute atomic E-state index is 0.482. The van der Waals surface area contributed by atoms with Gasteiger partial charge in [0.05, 0.1) is 31.5 Å². The first-order valence-corrected chi connectivity index (χ1v) is 6.15. The molecule has 5 heteroatoms. The molecule has 4 nitrogen and oxygen atoms in total. The lowest BCUT2D eigenvalue weighted by atomic mass is 10.1. The van der Waals surface area contributed by atoms with Gasteiger partial charge in [0.2, 0.25) is 0 Å². The standard InChI is InChI=1S/C13H19ClO4/c1-16-7-8-18-6-5-12(15)10-3-4-11(14)13(9-10)17-2/h3-4,9,12,15H,5-8H2,1-2H3. The molecular formula is C13H19ClO4. The number of hydrogen-bond acceptors (Lipinski definition) is 4. The van der Waals surface area contributed by atoms with E-state index in [2.05, 4.69) is 0 Å². The Bertz CT molecular complexity index is 357. The number of methoxy groups -OCH3 is 2. The molecule has 1 aromatic rings. The molecule has 0 saturated heterocycles. The lowest BCUT2D eigenvalue weighted by molar-refractivity contribution is 0.0475. The molecule has 1 aromatic carbocycles. The molecule has 0 saturated carbocycles. The molecule has 1 rings (SSSR count). The summed E-state index contributed by atoms with van der Waals surface area (Å²) in [5, 5.41) is 10.5. The summed E-state index contributed by atoms with van der Waals surface area (Å²) in [6.45, 7) is 1.58. The average molecular weight is 275 g/mol. The van der Waals surface area contributed by atoms with Crippen molar-refractivity contribution < 1.29 is 19.3 Å². The highest BCUT2D eigenvalue weighted by Gasteiger charge is 2.10. The van der Waals surface area contributed by atoms with Crippen LogP contribution in [0.5, 0.6) is 5.75 Å². The first-order valence-electron chi connectivity index (χ1n) is 5.77. The second kappa shape index (κ2) is 8.32. The van der Waals surface area contributed by atoms with E-state index in [9.17, 15) is 5.11 Å². The van der Waals surface area contributed by atoms with Gasteiger partial charge in [0.1, 0.15) is 5.75 Å². The summed E-state index contributed by atoms with van der Waals surface area (Å²) in [4.78, 5) is 0. The van der Waals surface area contributed by atoms with Crippen molar-refractivity contribution in [1.29, 1.82) is 0 Å². The van der Waals surface area contributed by atoms with Gasteiger partial charge in [-0.1, -0.05) is 17.7 Å². The fourth-order valence-corrected chi connectivity index (χ4v) is 1.68. The molecular weight excluding hydrogens is 256 g/mol. The molecule has 0 heterocycles. The SMILES string of the molecule is COCCOCCC(O)c1ccc(Cl)c(OC)c1. The molecule has 0 radical (unpaired) electrons. The third-order valence-electron chi connectivity index (χ3n) is 2.53. The number of hydrogen-bond donors (Lipinski definition) is 1. The Labute approximate surface area is 112 Å². The fourth-order valence-electron chi connectivity index (χ4n) is 1.49. The van der Waals surface area contributed by atoms with Crippen molar-refractivity contribution >= 4 is 11.6 Å². The van der Waals surface area contributed by atoms with Crippen molar-refractivity contribution in [1.82, 2.24) is 0 Å². The smallest absolute Gasteiger partial charge is 0.137 e. The maximum Gasteiger partial charge on any atom is 0.137 e. The zero-order valence-electron chi connectivity index (χ0n) is 10.7. The summed E-state index contributed by atoms with van der Waals surface area (Å²) < 4.78 is 15.3. The quantitative estimate of drug-likeness (QED) is 0.740. The lowest BCUT2D eigenvalue weighted by Gasteiger charge is -2.13. The van der Waals surface area contributed by atoms with Crippen LogP contribution in [0.15, 0.2) is 18.2 Å². The van der Waals surface area contributed by atoms with Crippen molar-refractivity contribution in [3.63, 3.8) is 0 Å². The third-order valence-corrected chi connectivity index (χ3v) is 2.84. The van der Waals surface area contributed by atoms with Crippen LogP contribution in [0.2, 0.25) is 5.02 Å². The zero-order valence-corrected chi connectivity index (χ0v) is 11.4. The number of benzene rings is 1. The van der Waals surface area contributed by atoms with E-state index in [1.807, 2.05) is 0 Å². The molecule has 0 aliphatic carbocycles. The van der Waals surface area contributed by atoms with Gasteiger partial charge in [0, 0.05) is 20.1 Å². The Kier molecular flexibility index (Phi) is 7.05. The van der Waals surface area contributed by atoms with Crippen LogP contribution < -0.4 is 4.74 Å². The van der Waals surface area contributed by atoms with Gasteiger partial charge in [-0.25, -0.2) is 0 Å². The Morgan fingerprint density at radius 3 is 2.67 bits per heavy atom. The fraction of sp³-hybridized carbons (Fsp3) is 0.538. The first-order chi connectivity index (χ1) is 8.69. The normalized spacial score (nSPS) is 12.4. The van der Waals surface area contributed by atoms with Gasteiger partial charge in [-0.15, -0.1) is 0 Å². The molecule has 1 N–H and O–H groups in total. The van der Waals surface area contributed by atoms with Crippen LogP contribution in [0.1, 0.15) is 18.1 Å². The summed E-state index contributed by atoms with van der Waals surface area (Å²) in [5.74, 6) is 0.563. The van der Waals surface area contributed by atoms with E-state index in [1.54, 1.807) is 32.4 Å². The van der Waals surface area contributed by atoms with Crippen molar-refractivity contribution in [2.45, 2.75) is 12.5 Å². The molecule has 1 atom stereocenters. The Balaban J connectivity index is 2.43. The number of halogens is 1. The van der Waals surface area contributed by atoms with Gasteiger partial charge in [-0.2, -0.15) is 0 Å². The number of rotatable bonds is 8. The van der Waals surface area contributed by atoms with Gasteiger partial charge in [0.15, 0.2) is 0 Å². The molecule has 0 aliphatic heterocycles. The molecule has 1 unspecified atom stereocenters. The molecule has 0 aromatic heterocycles. The summed E-state index contributed by atoms with van der Waals surface area (Å²) >= 11 is 5.92. The molecule has 0 aliphatic rings. The van der Waals surface area contributed by atoms with Crippen LogP contribution in [-0.2, 0) is 9.47 Å². The van der Waals surface area contributed by atoms with Crippen molar-refractivity contribution in [3.05, 3.63) is 28.8 Å². The molecule has 0 fully saturated rings. The second-order valence-corrected chi connectivity index (χ2v) is 4.21. The average Bonchev–Trinajstić information content (AvgIpc) is 2.38. The van der Waals surface area contributed by atoms with Crippen molar-refractivity contribution in [3.8, 4) is 5.75 Å². The minimum atomic E-state index is -0.585. The van der Waals surface area contributed by atoms with Crippen LogP contribution in [0.4, 0.5) is 0 Å². The van der Waals surface area contributed by atoms with E-state index < -0.39 is 6.10 Å². The summed E-state index contributed by atoms with van der Waals surface area (Å²) in [6.07, 6.45) is -0.0622. The highest BCUT2D eigenvalue weighted by atomic mass is 35.5. The lowest BCUT2D eigenvalue weighted by Crippen LogP contribution is -2.07. The van der Waals surface area contributed by atoms with Crippen LogP contribution in [-0.4, -0.2) is 39.1 Å². The highest BCUT2D eigenvalue weighted by Crippen LogP contribution is 2.28. The predicted octanol–water partition coefficient (Wildman–Crippen LogP) is 2.44. The van der Waals surface area contributed by atoms with E-state index in [4.69, 9.17) is 25.8 Å². The van der Waals surface area contributed by atoms with E-state index >= 15 is 0 Å². The molecule has 0 spiro atoms. The number of ether oxygens (including phenoxy) is 3. The monoisotopic (exact) mass is 274 g/mol. The minimum Gasteiger partial charge on any atom is -0.495 e. The molecule has 102 valence electrons. The molecule has 0 amide bonds. The maximum absolute atomic E-state index is 9.98. The summed E-state index contributed by atoms with van der Waals surface area (Å²) in [7, 11) is 3.17.